The van der Waals surface area contributed by atoms with Crippen molar-refractivity contribution >= 4 is 200 Å². The summed E-state index contributed by atoms with van der Waals surface area (Å²) >= 11 is 41.7. The third kappa shape index (κ3) is 23.9. The Morgan fingerprint density at radius 2 is 0.552 bits per heavy atom. The van der Waals surface area contributed by atoms with Crippen LogP contribution in [0.1, 0.15) is 25.7 Å². The number of hydrogen-bond acceptors (Lipinski definition) is 4. The fourth-order valence-corrected chi connectivity index (χ4v) is 5.27. The topological polar surface area (TPSA) is 36.9 Å². The molecular weight excluding hydrogens is 1200 g/mol. The van der Waals surface area contributed by atoms with Crippen LogP contribution >= 0.6 is 191 Å². The summed E-state index contributed by atoms with van der Waals surface area (Å²) < 4.78 is 22.6. The average molecular weight is 1210 g/mol. The normalized spacial score (nSPS) is 14.5. The van der Waals surface area contributed by atoms with Crippen LogP contribution in [0.2, 0.25) is 0 Å². The molecule has 4 nitrogen and oxygen atoms in total. The van der Waals surface area contributed by atoms with Crippen molar-refractivity contribution in [2.45, 2.75) is 34.3 Å². The molecule has 0 rings (SSSR count). The first kappa shape index (κ1) is 34.8. The molecule has 0 aliphatic rings. The van der Waals surface area contributed by atoms with Crippen LogP contribution in [0.4, 0.5) is 0 Å². The molecule has 0 aromatic carbocycles. The summed E-state index contributed by atoms with van der Waals surface area (Å²) in [7, 11) is -3.44. The Hall–Kier alpha value is 5.82. The number of halogens is 12. The molecule has 0 N–H and O–H groups in total. The van der Waals surface area contributed by atoms with Gasteiger partial charge in [0.25, 0.3) is 0 Å². The Labute approximate surface area is 273 Å². The lowest BCUT2D eigenvalue weighted by atomic mass is 10.5. The van der Waals surface area contributed by atoms with Gasteiger partial charge in [0, 0.05) is 52.1 Å². The molecule has 17 heteroatoms. The second kappa shape index (κ2) is 15.9. The first-order chi connectivity index (χ1) is 12.8. The van der Waals surface area contributed by atoms with Gasteiger partial charge in [0.15, 0.2) is 0 Å². The molecule has 0 heterocycles. The summed E-state index contributed by atoms with van der Waals surface area (Å²) in [4.78, 5) is 0. The fraction of sp³-hybridized carbons (Fsp3) is 1.00. The van der Waals surface area contributed by atoms with Gasteiger partial charge in [0.1, 0.15) is 8.57 Å². The minimum atomic E-state index is -3.44. The van der Waals surface area contributed by atoms with Gasteiger partial charge in [0.2, 0.25) is 0 Å². The minimum absolute atomic E-state index is 0.347. The van der Waals surface area contributed by atoms with Crippen molar-refractivity contribution in [2.75, 3.05) is 26.4 Å². The van der Waals surface area contributed by atoms with Crippen LogP contribution in [0.3, 0.4) is 0 Å². The van der Waals surface area contributed by atoms with Gasteiger partial charge >= 0.3 is 9.05 Å². The first-order valence-electron chi connectivity index (χ1n) is 7.65. The SMILES string of the molecule is BrC(Br)(Br)CCO[Si](OCCC(Br)(Br)Br)(OCCC(Br)(Br)Br)OCCC(Br)(Br)Br. The lowest BCUT2D eigenvalue weighted by Crippen LogP contribution is -2.51. The van der Waals surface area contributed by atoms with E-state index >= 15 is 0 Å². The van der Waals surface area contributed by atoms with Crippen LogP contribution in [0, 0.1) is 0 Å². The summed E-state index contributed by atoms with van der Waals surface area (Å²) in [6.07, 6.45) is 2.43. The van der Waals surface area contributed by atoms with Crippen molar-refractivity contribution in [3.8, 4) is 0 Å². The zero-order valence-electron chi connectivity index (χ0n) is 14.3. The van der Waals surface area contributed by atoms with E-state index in [1.54, 1.807) is 0 Å². The van der Waals surface area contributed by atoms with Crippen molar-refractivity contribution in [3.05, 3.63) is 0 Å². The van der Waals surface area contributed by atoms with Crippen LogP contribution in [0.15, 0.2) is 0 Å². The molecule has 0 aliphatic heterocycles. The molecule has 0 aromatic heterocycles. The van der Waals surface area contributed by atoms with Crippen molar-refractivity contribution in [3.63, 3.8) is 0 Å². The Balaban J connectivity index is 5.26. The van der Waals surface area contributed by atoms with Crippen molar-refractivity contribution in [1.82, 2.24) is 0 Å². The Bertz CT molecular complexity index is 374. The molecule has 0 aliphatic carbocycles. The van der Waals surface area contributed by atoms with Crippen LogP contribution in [-0.2, 0) is 17.7 Å². The van der Waals surface area contributed by atoms with Gasteiger partial charge in [-0.1, -0.05) is 191 Å². The molecule has 0 amide bonds. The second-order valence-electron chi connectivity index (χ2n) is 5.35. The van der Waals surface area contributed by atoms with Crippen LogP contribution < -0.4 is 0 Å². The summed E-state index contributed by atoms with van der Waals surface area (Å²) in [6.45, 7) is 1.39. The molecule has 0 aromatic rings. The zero-order chi connectivity index (χ0) is 23.0. The van der Waals surface area contributed by atoms with Crippen molar-refractivity contribution in [1.29, 1.82) is 0 Å². The van der Waals surface area contributed by atoms with E-state index in [1.165, 1.54) is 0 Å². The van der Waals surface area contributed by atoms with Gasteiger partial charge < -0.3 is 17.7 Å². The van der Waals surface area contributed by atoms with Gasteiger partial charge in [-0.2, -0.15) is 0 Å². The van der Waals surface area contributed by atoms with E-state index in [9.17, 15) is 0 Å². The molecule has 29 heavy (non-hydrogen) atoms. The lowest BCUT2D eigenvalue weighted by molar-refractivity contribution is -0.0351. The Morgan fingerprint density at radius 3 is 0.690 bits per heavy atom. The quantitative estimate of drug-likeness (QED) is 0.144. The van der Waals surface area contributed by atoms with E-state index in [0.717, 1.165) is 0 Å². The first-order valence-corrected chi connectivity index (χ1v) is 18.8. The van der Waals surface area contributed by atoms with Crippen LogP contribution in [0.25, 0.3) is 0 Å². The molecule has 0 bridgehead atoms. The predicted octanol–water partition coefficient (Wildman–Crippen LogP) is 10.4. The number of rotatable bonds is 12. The molecule has 0 unspecified atom stereocenters. The standard InChI is InChI=1S/C12H16Br12O4Si/c13-9(14,15)1-5-25-29(26-6-2-10(16,17)18,27-7-3-11(19,20)21)28-8-4-12(22,23)24/h1-8H2. The molecule has 0 saturated carbocycles. The van der Waals surface area contributed by atoms with Gasteiger partial charge in [-0.05, 0) is 0 Å². The van der Waals surface area contributed by atoms with E-state index in [1.807, 2.05) is 0 Å². The lowest BCUT2D eigenvalue weighted by Gasteiger charge is -2.30. The summed E-state index contributed by atoms with van der Waals surface area (Å²) in [5.41, 5.74) is 0. The molecule has 0 spiro atoms. The molecule has 0 fully saturated rings. The van der Waals surface area contributed by atoms with Gasteiger partial charge in [-0.3, -0.25) is 0 Å². The highest BCUT2D eigenvalue weighted by atomic mass is 80.0. The van der Waals surface area contributed by atoms with E-state index in [0.29, 0.717) is 52.1 Å². The third-order valence-electron chi connectivity index (χ3n) is 2.66. The number of hydrogen-bond donors (Lipinski definition) is 0. The fourth-order valence-electron chi connectivity index (χ4n) is 1.42. The van der Waals surface area contributed by atoms with Crippen molar-refractivity contribution < 1.29 is 17.7 Å². The Kier molecular flexibility index (Phi) is 19.1. The second-order valence-corrected chi connectivity index (χ2v) is 36.5. The molecule has 0 radical (unpaired) electrons. The average Bonchev–Trinajstić information content (AvgIpc) is 2.41. The van der Waals surface area contributed by atoms with E-state index in [2.05, 4.69) is 191 Å². The van der Waals surface area contributed by atoms with E-state index in [-0.39, 0.29) is 0 Å². The van der Waals surface area contributed by atoms with Gasteiger partial charge in [-0.15, -0.1) is 0 Å². The van der Waals surface area contributed by atoms with E-state index < -0.39 is 17.6 Å². The highest BCUT2D eigenvalue weighted by Gasteiger charge is 2.47. The Morgan fingerprint density at radius 1 is 0.379 bits per heavy atom. The van der Waals surface area contributed by atoms with Crippen molar-refractivity contribution in [2.24, 2.45) is 0 Å². The predicted molar refractivity (Wildman–Crippen MR) is 166 cm³/mol. The smallest absolute Gasteiger partial charge is 0.351 e. The molecular formula is C12H16Br12O4Si. The highest BCUT2D eigenvalue weighted by molar-refractivity contribution is 9.40. The molecule has 0 atom stereocenters. The maximum atomic E-state index is 6.09. The van der Waals surface area contributed by atoms with Crippen LogP contribution in [0.5, 0.6) is 0 Å². The van der Waals surface area contributed by atoms with Gasteiger partial charge in [0.05, 0.1) is 0 Å². The summed E-state index contributed by atoms with van der Waals surface area (Å²) in [6, 6.07) is 0. The number of alkyl halides is 12. The highest BCUT2D eigenvalue weighted by Crippen LogP contribution is 2.40. The van der Waals surface area contributed by atoms with Crippen LogP contribution in [-0.4, -0.2) is 44.0 Å². The maximum Gasteiger partial charge on any atom is 0.679 e. The monoisotopic (exact) mass is 1200 g/mol. The van der Waals surface area contributed by atoms with E-state index in [4.69, 9.17) is 17.7 Å². The molecule has 176 valence electrons. The largest absolute Gasteiger partial charge is 0.679 e. The van der Waals surface area contributed by atoms with Gasteiger partial charge in [-0.25, -0.2) is 0 Å². The minimum Gasteiger partial charge on any atom is -0.351 e. The summed E-state index contributed by atoms with van der Waals surface area (Å²) in [5, 5.41) is 0. The summed E-state index contributed by atoms with van der Waals surface area (Å²) in [5.74, 6) is 0. The maximum absolute atomic E-state index is 6.09. The molecule has 0 saturated heterocycles. The zero-order valence-corrected chi connectivity index (χ0v) is 34.4. The third-order valence-corrected chi connectivity index (χ3v) is 9.65.